The molecule has 0 fully saturated rings. The molecule has 8 nitrogen and oxygen atoms in total. The molecule has 2 aromatic heterocycles. The molecule has 0 aliphatic carbocycles. The van der Waals surface area contributed by atoms with Crippen LogP contribution in [-0.4, -0.2) is 46.5 Å². The van der Waals surface area contributed by atoms with Crippen molar-refractivity contribution in [1.29, 1.82) is 0 Å². The number of hydrogen-bond acceptors (Lipinski definition) is 5. The Labute approximate surface area is 219 Å². The van der Waals surface area contributed by atoms with Gasteiger partial charge in [0.15, 0.2) is 17.8 Å². The summed E-state index contributed by atoms with van der Waals surface area (Å²) in [4.78, 5) is 16.8. The van der Waals surface area contributed by atoms with Crippen LogP contribution in [0.25, 0.3) is 17.1 Å². The Morgan fingerprint density at radius 3 is 2.26 bits per heavy atom. The summed E-state index contributed by atoms with van der Waals surface area (Å²) in [6.07, 6.45) is -7.95. The number of halogens is 8. The predicted octanol–water partition coefficient (Wildman–Crippen LogP) is 4.82. The normalized spacial score (nSPS) is 13.2. The summed E-state index contributed by atoms with van der Waals surface area (Å²) in [5.74, 6) is -6.32. The van der Waals surface area contributed by atoms with Crippen molar-refractivity contribution < 1.29 is 31.4 Å². The standard InChI is InChI=1S/C22H16Cl2F6N6O2/c1-21(26,27)19-31-16(32-36(19)17-13(24)3-2-4-14(17)25)10-35-20(38)34(9-15(37)22(28,29)30)18(33-35)11-5-7-12(23)8-6-11/h2-8,15,37H,9-10H2,1H3/t15-/m0/s1. The Morgan fingerprint density at radius 1 is 1.03 bits per heavy atom. The van der Waals surface area contributed by atoms with Gasteiger partial charge in [-0.15, -0.1) is 10.2 Å². The molecule has 202 valence electrons. The average Bonchev–Trinajstić information content (AvgIpc) is 3.36. The third-order valence-electron chi connectivity index (χ3n) is 5.24. The highest BCUT2D eigenvalue weighted by Crippen LogP contribution is 2.31. The number of benzene rings is 2. The molecule has 4 rings (SSSR count). The zero-order chi connectivity index (χ0) is 28.0. The topological polar surface area (TPSA) is 90.8 Å². The van der Waals surface area contributed by atoms with E-state index in [2.05, 4.69) is 15.2 Å². The van der Waals surface area contributed by atoms with Crippen LogP contribution in [0.1, 0.15) is 18.6 Å². The molecule has 0 aliphatic heterocycles. The second-order valence-corrected chi connectivity index (χ2v) is 9.00. The van der Waals surface area contributed by atoms with Gasteiger partial charge in [0.05, 0.1) is 11.6 Å². The van der Waals surface area contributed by atoms with E-state index in [0.29, 0.717) is 25.9 Å². The summed E-state index contributed by atoms with van der Waals surface area (Å²) in [6.45, 7) is -1.40. The first-order chi connectivity index (χ1) is 17.7. The lowest BCUT2D eigenvalue weighted by Crippen LogP contribution is -2.37. The van der Waals surface area contributed by atoms with Crippen molar-refractivity contribution in [2.75, 3.05) is 0 Å². The predicted molar refractivity (Wildman–Crippen MR) is 124 cm³/mol. The van der Waals surface area contributed by atoms with E-state index in [0.717, 1.165) is 6.07 Å². The van der Waals surface area contributed by atoms with Crippen LogP contribution in [0.4, 0.5) is 26.3 Å². The Balaban J connectivity index is 1.82. The van der Waals surface area contributed by atoms with Crippen LogP contribution in [0.3, 0.4) is 0 Å². The smallest absolute Gasteiger partial charge is 0.382 e. The molecule has 4 aromatic rings. The van der Waals surface area contributed by atoms with Gasteiger partial charge in [0.2, 0.25) is 5.82 Å². The summed E-state index contributed by atoms with van der Waals surface area (Å²) < 4.78 is 84.0. The lowest BCUT2D eigenvalue weighted by Gasteiger charge is -2.15. The molecule has 0 bridgehead atoms. The number of aliphatic hydroxyl groups excluding tert-OH is 1. The van der Waals surface area contributed by atoms with Gasteiger partial charge >= 0.3 is 17.8 Å². The van der Waals surface area contributed by atoms with Crippen LogP contribution in [-0.2, 0) is 19.0 Å². The first-order valence-electron chi connectivity index (χ1n) is 10.6. The number of alkyl halides is 5. The number of aromatic nitrogens is 6. The molecular formula is C22H16Cl2F6N6O2. The van der Waals surface area contributed by atoms with Crippen molar-refractivity contribution in [3.05, 3.63) is 80.5 Å². The van der Waals surface area contributed by atoms with Gasteiger partial charge in [0.25, 0.3) is 0 Å². The van der Waals surface area contributed by atoms with Crippen molar-refractivity contribution in [2.45, 2.75) is 38.2 Å². The van der Waals surface area contributed by atoms with E-state index in [4.69, 9.17) is 23.2 Å². The van der Waals surface area contributed by atoms with Crippen molar-refractivity contribution in [2.24, 2.45) is 0 Å². The fourth-order valence-corrected chi connectivity index (χ4v) is 3.85. The molecule has 0 saturated carbocycles. The number of rotatable bonds is 7. The number of nitrogens with zero attached hydrogens (tertiary/aromatic N) is 6. The van der Waals surface area contributed by atoms with Crippen LogP contribution < -0.4 is 5.69 Å². The molecule has 0 unspecified atom stereocenters. The Kier molecular flexibility index (Phi) is 7.34. The molecule has 16 heteroatoms. The Hall–Kier alpha value is -3.36. The molecule has 1 atom stereocenters. The minimum absolute atomic E-state index is 0.178. The second kappa shape index (κ2) is 10.1. The van der Waals surface area contributed by atoms with Crippen molar-refractivity contribution in [3.63, 3.8) is 0 Å². The molecule has 0 radical (unpaired) electrons. The summed E-state index contributed by atoms with van der Waals surface area (Å²) in [5.41, 5.74) is -1.46. The van der Waals surface area contributed by atoms with Gasteiger partial charge in [-0.25, -0.2) is 23.5 Å². The highest BCUT2D eigenvalue weighted by atomic mass is 35.5. The quantitative estimate of drug-likeness (QED) is 0.316. The minimum atomic E-state index is -5.04. The van der Waals surface area contributed by atoms with E-state index in [1.807, 2.05) is 0 Å². The first kappa shape index (κ1) is 27.7. The maximum Gasteiger partial charge on any atom is 0.416 e. The first-order valence-corrected chi connectivity index (χ1v) is 11.4. The molecule has 0 saturated heterocycles. The summed E-state index contributed by atoms with van der Waals surface area (Å²) in [6, 6.07) is 9.04. The molecule has 38 heavy (non-hydrogen) atoms. The van der Waals surface area contributed by atoms with Gasteiger partial charge in [0.1, 0.15) is 18.0 Å². The zero-order valence-corrected chi connectivity index (χ0v) is 20.6. The molecule has 2 heterocycles. The van der Waals surface area contributed by atoms with E-state index in [9.17, 15) is 36.2 Å². The number of aliphatic hydroxyl groups is 1. The third-order valence-corrected chi connectivity index (χ3v) is 5.80. The van der Waals surface area contributed by atoms with Crippen LogP contribution in [0, 0.1) is 5.82 Å². The van der Waals surface area contributed by atoms with Crippen LogP contribution >= 0.6 is 23.2 Å². The fourth-order valence-electron chi connectivity index (χ4n) is 3.48. The van der Waals surface area contributed by atoms with Crippen LogP contribution in [0.15, 0.2) is 47.3 Å². The maximum atomic E-state index is 14.5. The summed E-state index contributed by atoms with van der Waals surface area (Å²) in [5, 5.41) is 17.5. The monoisotopic (exact) mass is 580 g/mol. The Morgan fingerprint density at radius 2 is 1.68 bits per heavy atom. The van der Waals surface area contributed by atoms with Gasteiger partial charge in [-0.1, -0.05) is 29.3 Å². The highest BCUT2D eigenvalue weighted by Gasteiger charge is 2.39. The van der Waals surface area contributed by atoms with Crippen LogP contribution in [0.5, 0.6) is 0 Å². The maximum absolute atomic E-state index is 14.5. The van der Waals surface area contributed by atoms with E-state index in [1.165, 1.54) is 36.4 Å². The minimum Gasteiger partial charge on any atom is -0.382 e. The van der Waals surface area contributed by atoms with Gasteiger partial charge in [0, 0.05) is 17.5 Å². The summed E-state index contributed by atoms with van der Waals surface area (Å²) in [7, 11) is 0. The molecular weight excluding hydrogens is 565 g/mol. The summed E-state index contributed by atoms with van der Waals surface area (Å²) >= 11 is 11.9. The fraction of sp³-hybridized carbons (Fsp3) is 0.273. The van der Waals surface area contributed by atoms with Gasteiger partial charge in [-0.3, -0.25) is 4.57 Å². The lowest BCUT2D eigenvalue weighted by molar-refractivity contribution is -0.207. The molecule has 0 spiro atoms. The van der Waals surface area contributed by atoms with Gasteiger partial charge < -0.3 is 5.11 Å². The molecule has 0 amide bonds. The number of para-hydroxylation sites is 1. The van der Waals surface area contributed by atoms with Crippen molar-refractivity contribution >= 4 is 23.2 Å². The third kappa shape index (κ3) is 5.56. The van der Waals surface area contributed by atoms with E-state index >= 15 is 0 Å². The highest BCUT2D eigenvalue weighted by molar-refractivity contribution is 6.32. The average molecular weight is 581 g/mol. The molecule has 2 aromatic carbocycles. The Bertz CT molecular complexity index is 1510. The molecule has 0 aliphatic rings. The number of hydrogen-bond donors (Lipinski definition) is 1. The SMILES string of the molecule is CC(F)(F)c1nc(Cn2nc(-c3ccc(Cl)cc3)n(C[C@H](O)C(F)(F)F)c2=O)nn1-c1c(F)cccc1Cl. The van der Waals surface area contributed by atoms with E-state index < -0.39 is 60.1 Å². The van der Waals surface area contributed by atoms with Gasteiger partial charge in [-0.2, -0.15) is 22.0 Å². The van der Waals surface area contributed by atoms with Crippen LogP contribution in [0.2, 0.25) is 10.0 Å². The largest absolute Gasteiger partial charge is 0.416 e. The van der Waals surface area contributed by atoms with E-state index in [1.54, 1.807) is 0 Å². The van der Waals surface area contributed by atoms with Crippen molar-refractivity contribution in [1.82, 2.24) is 29.1 Å². The van der Waals surface area contributed by atoms with E-state index in [-0.39, 0.29) is 16.4 Å². The van der Waals surface area contributed by atoms with Crippen molar-refractivity contribution in [3.8, 4) is 17.1 Å². The molecule has 1 N–H and O–H groups in total. The lowest BCUT2D eigenvalue weighted by atomic mass is 10.2. The van der Waals surface area contributed by atoms with Gasteiger partial charge in [-0.05, 0) is 36.4 Å². The zero-order valence-electron chi connectivity index (χ0n) is 19.1. The second-order valence-electron chi connectivity index (χ2n) is 8.16.